The molecule has 0 radical (unpaired) electrons. The molecule has 0 fully saturated rings. The first-order valence-electron chi connectivity index (χ1n) is 3.06. The lowest BCUT2D eigenvalue weighted by Crippen LogP contribution is -1.96. The highest BCUT2D eigenvalue weighted by atomic mass is 35.5. The molecule has 1 aromatic rings. The van der Waals surface area contributed by atoms with Gasteiger partial charge in [-0.25, -0.2) is 9.97 Å². The highest BCUT2D eigenvalue weighted by molar-refractivity contribution is 6.28. The van der Waals surface area contributed by atoms with Crippen molar-refractivity contribution in [1.29, 1.82) is 5.26 Å². The third-order valence-electron chi connectivity index (χ3n) is 1.47. The third-order valence-corrected chi connectivity index (χ3v) is 1.64. The molecule has 1 rings (SSSR count). The van der Waals surface area contributed by atoms with E-state index in [4.69, 9.17) is 16.9 Å². The van der Waals surface area contributed by atoms with Crippen molar-refractivity contribution in [3.05, 3.63) is 22.2 Å². The molecule has 0 atom stereocenters. The van der Waals surface area contributed by atoms with E-state index in [1.807, 2.05) is 6.07 Å². The second-order valence-electron chi connectivity index (χ2n) is 2.16. The number of hydrogen-bond donors (Lipinski definition) is 0. The molecular formula is C7H6ClN3. The summed E-state index contributed by atoms with van der Waals surface area (Å²) in [6, 6.07) is 1.94. The summed E-state index contributed by atoms with van der Waals surface area (Å²) in [6.45, 7) is 3.59. The standard InChI is InChI=1S/C7H6ClN3/c1-4-5(2)10-7(8)11-6(4)3-9/h1-2H3. The van der Waals surface area contributed by atoms with Gasteiger partial charge in [-0.2, -0.15) is 5.26 Å². The van der Waals surface area contributed by atoms with Crippen LogP contribution in [0.4, 0.5) is 0 Å². The van der Waals surface area contributed by atoms with Gasteiger partial charge in [-0.3, -0.25) is 0 Å². The van der Waals surface area contributed by atoms with Gasteiger partial charge in [0.1, 0.15) is 11.8 Å². The molecule has 0 spiro atoms. The average molecular weight is 168 g/mol. The van der Waals surface area contributed by atoms with Crippen LogP contribution in [0.3, 0.4) is 0 Å². The Balaban J connectivity index is 3.39. The molecule has 3 nitrogen and oxygen atoms in total. The van der Waals surface area contributed by atoms with Crippen LogP contribution in [0.25, 0.3) is 0 Å². The third kappa shape index (κ3) is 1.47. The molecule has 4 heteroatoms. The van der Waals surface area contributed by atoms with Crippen molar-refractivity contribution in [2.24, 2.45) is 0 Å². The fourth-order valence-corrected chi connectivity index (χ4v) is 0.915. The van der Waals surface area contributed by atoms with Gasteiger partial charge in [-0.05, 0) is 25.4 Å². The molecule has 1 heterocycles. The fourth-order valence-electron chi connectivity index (χ4n) is 0.704. The summed E-state index contributed by atoms with van der Waals surface area (Å²) < 4.78 is 0. The van der Waals surface area contributed by atoms with Gasteiger partial charge in [0.2, 0.25) is 5.28 Å². The molecule has 0 unspecified atom stereocenters. The minimum atomic E-state index is 0.129. The molecule has 56 valence electrons. The van der Waals surface area contributed by atoms with Crippen LogP contribution < -0.4 is 0 Å². The molecule has 0 bridgehead atoms. The Hall–Kier alpha value is -1.14. The van der Waals surface area contributed by atoms with Crippen LogP contribution >= 0.6 is 11.6 Å². The average Bonchev–Trinajstić information content (AvgIpc) is 1.96. The van der Waals surface area contributed by atoms with E-state index < -0.39 is 0 Å². The lowest BCUT2D eigenvalue weighted by Gasteiger charge is -1.99. The summed E-state index contributed by atoms with van der Waals surface area (Å²) >= 11 is 5.53. The van der Waals surface area contributed by atoms with Crippen LogP contribution in [0, 0.1) is 25.2 Å². The van der Waals surface area contributed by atoms with E-state index in [0.29, 0.717) is 5.69 Å². The number of hydrogen-bond acceptors (Lipinski definition) is 3. The van der Waals surface area contributed by atoms with Gasteiger partial charge in [0.15, 0.2) is 0 Å². The van der Waals surface area contributed by atoms with E-state index >= 15 is 0 Å². The number of nitrogens with zero attached hydrogens (tertiary/aromatic N) is 3. The highest BCUT2D eigenvalue weighted by Gasteiger charge is 2.04. The second kappa shape index (κ2) is 2.85. The van der Waals surface area contributed by atoms with E-state index in [2.05, 4.69) is 9.97 Å². The van der Waals surface area contributed by atoms with Crippen LogP contribution in [0.1, 0.15) is 17.0 Å². The lowest BCUT2D eigenvalue weighted by molar-refractivity contribution is 1.04. The van der Waals surface area contributed by atoms with E-state index in [0.717, 1.165) is 11.3 Å². The summed E-state index contributed by atoms with van der Waals surface area (Å²) in [6.07, 6.45) is 0. The Kier molecular flexibility index (Phi) is 2.06. The first kappa shape index (κ1) is 7.96. The summed E-state index contributed by atoms with van der Waals surface area (Å²) in [5, 5.41) is 8.70. The maximum Gasteiger partial charge on any atom is 0.223 e. The van der Waals surface area contributed by atoms with Crippen molar-refractivity contribution in [3.63, 3.8) is 0 Å². The molecule has 0 saturated carbocycles. The Bertz CT molecular complexity index is 327. The summed E-state index contributed by atoms with van der Waals surface area (Å²) in [7, 11) is 0. The Morgan fingerprint density at radius 1 is 1.36 bits per heavy atom. The maximum atomic E-state index is 8.57. The van der Waals surface area contributed by atoms with Gasteiger partial charge < -0.3 is 0 Å². The minimum Gasteiger partial charge on any atom is -0.223 e. The summed E-state index contributed by atoms with van der Waals surface area (Å²) in [5.74, 6) is 0. The minimum absolute atomic E-state index is 0.129. The van der Waals surface area contributed by atoms with Gasteiger partial charge in [-0.1, -0.05) is 0 Å². The van der Waals surface area contributed by atoms with Gasteiger partial charge in [0.25, 0.3) is 0 Å². The van der Waals surface area contributed by atoms with Crippen molar-refractivity contribution in [3.8, 4) is 6.07 Å². The zero-order valence-electron chi connectivity index (χ0n) is 6.22. The quantitative estimate of drug-likeness (QED) is 0.552. The van der Waals surface area contributed by atoms with E-state index in [9.17, 15) is 0 Å². The predicted octanol–water partition coefficient (Wildman–Crippen LogP) is 1.62. The van der Waals surface area contributed by atoms with Gasteiger partial charge in [-0.15, -0.1) is 0 Å². The van der Waals surface area contributed by atoms with Crippen LogP contribution in [-0.4, -0.2) is 9.97 Å². The zero-order valence-corrected chi connectivity index (χ0v) is 6.98. The smallest absolute Gasteiger partial charge is 0.223 e. The molecule has 1 aromatic heterocycles. The maximum absolute atomic E-state index is 8.57. The van der Waals surface area contributed by atoms with Crippen LogP contribution in [0.2, 0.25) is 5.28 Å². The van der Waals surface area contributed by atoms with Crippen LogP contribution in [-0.2, 0) is 0 Å². The topological polar surface area (TPSA) is 49.6 Å². The molecule has 0 aliphatic rings. The second-order valence-corrected chi connectivity index (χ2v) is 2.50. The van der Waals surface area contributed by atoms with Crippen molar-refractivity contribution in [2.45, 2.75) is 13.8 Å². The molecule has 0 aliphatic carbocycles. The monoisotopic (exact) mass is 167 g/mol. The molecule has 0 amide bonds. The zero-order chi connectivity index (χ0) is 8.43. The van der Waals surface area contributed by atoms with E-state index in [-0.39, 0.29) is 5.28 Å². The van der Waals surface area contributed by atoms with Crippen molar-refractivity contribution < 1.29 is 0 Å². The van der Waals surface area contributed by atoms with Crippen molar-refractivity contribution in [2.75, 3.05) is 0 Å². The Labute approximate surface area is 69.7 Å². The Morgan fingerprint density at radius 3 is 2.55 bits per heavy atom. The first-order chi connectivity index (χ1) is 5.15. The normalized spacial score (nSPS) is 9.27. The van der Waals surface area contributed by atoms with Gasteiger partial charge in [0.05, 0.1) is 0 Å². The molecule has 0 aliphatic heterocycles. The van der Waals surface area contributed by atoms with E-state index in [1.165, 1.54) is 0 Å². The largest absolute Gasteiger partial charge is 0.223 e. The number of halogens is 1. The van der Waals surface area contributed by atoms with Crippen LogP contribution in [0.15, 0.2) is 0 Å². The molecule has 0 N–H and O–H groups in total. The highest BCUT2D eigenvalue weighted by Crippen LogP contribution is 2.10. The van der Waals surface area contributed by atoms with Gasteiger partial charge >= 0.3 is 0 Å². The first-order valence-corrected chi connectivity index (χ1v) is 3.43. The van der Waals surface area contributed by atoms with Crippen LogP contribution in [0.5, 0.6) is 0 Å². The fraction of sp³-hybridized carbons (Fsp3) is 0.286. The molecule has 11 heavy (non-hydrogen) atoms. The molecule has 0 saturated heterocycles. The van der Waals surface area contributed by atoms with E-state index in [1.54, 1.807) is 13.8 Å². The molecule has 0 aromatic carbocycles. The van der Waals surface area contributed by atoms with Crippen molar-refractivity contribution >= 4 is 11.6 Å². The number of nitriles is 1. The van der Waals surface area contributed by atoms with Crippen molar-refractivity contribution in [1.82, 2.24) is 9.97 Å². The summed E-state index contributed by atoms with van der Waals surface area (Å²) in [5.41, 5.74) is 1.89. The SMILES string of the molecule is Cc1nc(Cl)nc(C#N)c1C. The van der Waals surface area contributed by atoms with Gasteiger partial charge in [0, 0.05) is 11.3 Å². The lowest BCUT2D eigenvalue weighted by atomic mass is 10.2. The Morgan fingerprint density at radius 2 is 2.00 bits per heavy atom. The number of rotatable bonds is 0. The number of aryl methyl sites for hydroxylation is 1. The predicted molar refractivity (Wildman–Crippen MR) is 41.2 cm³/mol. The molecular weight excluding hydrogens is 162 g/mol. The summed E-state index contributed by atoms with van der Waals surface area (Å²) in [4.78, 5) is 7.63. The number of aromatic nitrogens is 2.